The van der Waals surface area contributed by atoms with Gasteiger partial charge >= 0.3 is 0 Å². The third kappa shape index (κ3) is 4.39. The number of carbonyl (C=O) groups excluding carboxylic acids is 1. The average molecular weight is 391 g/mol. The van der Waals surface area contributed by atoms with Gasteiger partial charge in [-0.2, -0.15) is 4.31 Å². The molecule has 7 nitrogen and oxygen atoms in total. The van der Waals surface area contributed by atoms with Crippen LogP contribution in [0.1, 0.15) is 36.8 Å². The van der Waals surface area contributed by atoms with Crippen LogP contribution >= 0.6 is 0 Å². The summed E-state index contributed by atoms with van der Waals surface area (Å²) in [6.07, 6.45) is 2.10. The normalized spacial score (nSPS) is 18.4. The molecule has 146 valence electrons. The van der Waals surface area contributed by atoms with E-state index in [-0.39, 0.29) is 17.2 Å². The Morgan fingerprint density at radius 3 is 2.59 bits per heavy atom. The average Bonchev–Trinajstić information content (AvgIpc) is 2.94. The molecule has 1 aromatic heterocycles. The Morgan fingerprint density at radius 1 is 1.30 bits per heavy atom. The van der Waals surface area contributed by atoms with Crippen molar-refractivity contribution in [3.05, 3.63) is 41.3 Å². The SMILES string of the molecule is Cc1noc(C)c1CC(=O)Nc1ccc(S(=O)(=O)N2CCC[C@@H](C)C2)cc1. The molecule has 1 N–H and O–H groups in total. The minimum absolute atomic E-state index is 0.160. The van der Waals surface area contributed by atoms with Gasteiger partial charge in [-0.1, -0.05) is 12.1 Å². The molecule has 3 rings (SSSR count). The smallest absolute Gasteiger partial charge is 0.243 e. The molecule has 2 aromatic rings. The van der Waals surface area contributed by atoms with Gasteiger partial charge in [0.15, 0.2) is 0 Å². The lowest BCUT2D eigenvalue weighted by Gasteiger charge is -2.30. The van der Waals surface area contributed by atoms with E-state index in [1.165, 1.54) is 0 Å². The lowest BCUT2D eigenvalue weighted by atomic mass is 10.0. The molecular weight excluding hydrogens is 366 g/mol. The fourth-order valence-electron chi connectivity index (χ4n) is 3.34. The van der Waals surface area contributed by atoms with Crippen LogP contribution in [0.2, 0.25) is 0 Å². The second kappa shape index (κ2) is 7.82. The number of amides is 1. The van der Waals surface area contributed by atoms with Crippen LogP contribution in [-0.4, -0.2) is 36.9 Å². The van der Waals surface area contributed by atoms with Crippen molar-refractivity contribution in [1.29, 1.82) is 0 Å². The topological polar surface area (TPSA) is 92.5 Å². The van der Waals surface area contributed by atoms with Gasteiger partial charge in [0.2, 0.25) is 15.9 Å². The molecule has 1 amide bonds. The molecule has 2 heterocycles. The van der Waals surface area contributed by atoms with E-state index in [4.69, 9.17) is 4.52 Å². The monoisotopic (exact) mass is 391 g/mol. The van der Waals surface area contributed by atoms with Crippen molar-refractivity contribution < 1.29 is 17.7 Å². The number of benzene rings is 1. The summed E-state index contributed by atoms with van der Waals surface area (Å²) in [4.78, 5) is 12.5. The Kier molecular flexibility index (Phi) is 5.67. The largest absolute Gasteiger partial charge is 0.361 e. The summed E-state index contributed by atoms with van der Waals surface area (Å²) >= 11 is 0. The highest BCUT2D eigenvalue weighted by atomic mass is 32.2. The van der Waals surface area contributed by atoms with E-state index in [1.807, 2.05) is 0 Å². The number of carbonyl (C=O) groups is 1. The molecule has 27 heavy (non-hydrogen) atoms. The fourth-order valence-corrected chi connectivity index (χ4v) is 4.94. The third-order valence-electron chi connectivity index (χ3n) is 4.91. The van der Waals surface area contributed by atoms with Crippen LogP contribution in [0.3, 0.4) is 0 Å². The summed E-state index contributed by atoms with van der Waals surface area (Å²) in [6.45, 7) is 6.74. The standard InChI is InChI=1S/C19H25N3O4S/c1-13-5-4-10-22(12-13)27(24,25)17-8-6-16(7-9-17)20-19(23)11-18-14(2)21-26-15(18)3/h6-9,13H,4-5,10-12H2,1-3H3,(H,20,23)/t13-/m1/s1. The summed E-state index contributed by atoms with van der Waals surface area (Å²) in [5, 5.41) is 6.62. The van der Waals surface area contributed by atoms with Crippen molar-refractivity contribution >= 4 is 21.6 Å². The second-order valence-corrected chi connectivity index (χ2v) is 9.10. The van der Waals surface area contributed by atoms with E-state index in [9.17, 15) is 13.2 Å². The zero-order chi connectivity index (χ0) is 19.6. The molecule has 1 saturated heterocycles. The van der Waals surface area contributed by atoms with Crippen LogP contribution in [-0.2, 0) is 21.2 Å². The Labute approximate surface area is 159 Å². The van der Waals surface area contributed by atoms with Gasteiger partial charge < -0.3 is 9.84 Å². The molecule has 1 aliphatic rings. The lowest BCUT2D eigenvalue weighted by Crippen LogP contribution is -2.39. The first-order chi connectivity index (χ1) is 12.8. The molecule has 0 saturated carbocycles. The Bertz CT molecular complexity index is 899. The molecule has 1 aliphatic heterocycles. The van der Waals surface area contributed by atoms with Crippen LogP contribution in [0.5, 0.6) is 0 Å². The van der Waals surface area contributed by atoms with Crippen molar-refractivity contribution in [2.45, 2.75) is 44.9 Å². The number of aryl methyl sites for hydroxylation is 2. The maximum absolute atomic E-state index is 12.8. The summed E-state index contributed by atoms with van der Waals surface area (Å²) < 4.78 is 32.2. The number of hydrogen-bond donors (Lipinski definition) is 1. The van der Waals surface area contributed by atoms with Crippen molar-refractivity contribution in [2.75, 3.05) is 18.4 Å². The van der Waals surface area contributed by atoms with E-state index < -0.39 is 10.0 Å². The van der Waals surface area contributed by atoms with Gasteiger partial charge in [-0.15, -0.1) is 0 Å². The zero-order valence-electron chi connectivity index (χ0n) is 15.9. The zero-order valence-corrected chi connectivity index (χ0v) is 16.7. The first-order valence-corrected chi connectivity index (χ1v) is 10.5. The number of anilines is 1. The Morgan fingerprint density at radius 2 is 2.00 bits per heavy atom. The number of sulfonamides is 1. The predicted octanol–water partition coefficient (Wildman–Crippen LogP) is 2.89. The molecule has 0 aliphatic carbocycles. The first-order valence-electron chi connectivity index (χ1n) is 9.09. The minimum Gasteiger partial charge on any atom is -0.361 e. The highest BCUT2D eigenvalue weighted by Crippen LogP contribution is 2.24. The number of piperidine rings is 1. The molecular formula is C19H25N3O4S. The van der Waals surface area contributed by atoms with E-state index in [2.05, 4.69) is 17.4 Å². The van der Waals surface area contributed by atoms with E-state index in [0.717, 1.165) is 18.4 Å². The molecule has 0 radical (unpaired) electrons. The Balaban J connectivity index is 1.67. The van der Waals surface area contributed by atoms with Crippen molar-refractivity contribution in [3.63, 3.8) is 0 Å². The molecule has 1 atom stereocenters. The number of nitrogens with zero attached hydrogens (tertiary/aromatic N) is 2. The molecule has 0 bridgehead atoms. The number of nitrogens with one attached hydrogen (secondary N) is 1. The first kappa shape index (κ1) is 19.6. The number of hydrogen-bond acceptors (Lipinski definition) is 5. The quantitative estimate of drug-likeness (QED) is 0.846. The van der Waals surface area contributed by atoms with Gasteiger partial charge in [0, 0.05) is 24.3 Å². The predicted molar refractivity (Wildman–Crippen MR) is 102 cm³/mol. The number of rotatable bonds is 5. The highest BCUT2D eigenvalue weighted by Gasteiger charge is 2.28. The van der Waals surface area contributed by atoms with Crippen molar-refractivity contribution in [3.8, 4) is 0 Å². The summed E-state index contributed by atoms with van der Waals surface area (Å²) in [6, 6.07) is 6.32. The van der Waals surface area contributed by atoms with Gasteiger partial charge in [0.25, 0.3) is 0 Å². The molecule has 0 spiro atoms. The molecule has 1 fully saturated rings. The summed E-state index contributed by atoms with van der Waals surface area (Å²) in [5.74, 6) is 0.793. The van der Waals surface area contributed by atoms with Crippen molar-refractivity contribution in [1.82, 2.24) is 9.46 Å². The van der Waals surface area contributed by atoms with Crippen molar-refractivity contribution in [2.24, 2.45) is 5.92 Å². The second-order valence-electron chi connectivity index (χ2n) is 7.16. The molecule has 8 heteroatoms. The fraction of sp³-hybridized carbons (Fsp3) is 0.474. The van der Waals surface area contributed by atoms with Crippen LogP contribution < -0.4 is 5.32 Å². The van der Waals surface area contributed by atoms with E-state index in [1.54, 1.807) is 42.4 Å². The van der Waals surface area contributed by atoms with Gasteiger partial charge in [0.05, 0.1) is 17.0 Å². The van der Waals surface area contributed by atoms with Crippen LogP contribution in [0.15, 0.2) is 33.7 Å². The van der Waals surface area contributed by atoms with Gasteiger partial charge in [-0.25, -0.2) is 8.42 Å². The van der Waals surface area contributed by atoms with Gasteiger partial charge in [0.1, 0.15) is 5.76 Å². The summed E-state index contributed by atoms with van der Waals surface area (Å²) in [5.41, 5.74) is 2.02. The third-order valence-corrected chi connectivity index (χ3v) is 6.79. The Hall–Kier alpha value is -2.19. The van der Waals surface area contributed by atoms with Crippen LogP contribution in [0, 0.1) is 19.8 Å². The number of aromatic nitrogens is 1. The maximum atomic E-state index is 12.8. The molecule has 0 unspecified atom stereocenters. The van der Waals surface area contributed by atoms with Gasteiger partial charge in [-0.05, 0) is 56.9 Å². The van der Waals surface area contributed by atoms with Gasteiger partial charge in [-0.3, -0.25) is 4.79 Å². The maximum Gasteiger partial charge on any atom is 0.243 e. The van der Waals surface area contributed by atoms with E-state index in [0.29, 0.717) is 36.1 Å². The van der Waals surface area contributed by atoms with E-state index >= 15 is 0 Å². The highest BCUT2D eigenvalue weighted by molar-refractivity contribution is 7.89. The summed E-state index contributed by atoms with van der Waals surface area (Å²) in [7, 11) is -3.49. The minimum atomic E-state index is -3.49. The van der Waals surface area contributed by atoms with Crippen LogP contribution in [0.4, 0.5) is 5.69 Å². The van der Waals surface area contributed by atoms with Crippen LogP contribution in [0.25, 0.3) is 0 Å². The molecule has 1 aromatic carbocycles. The lowest BCUT2D eigenvalue weighted by molar-refractivity contribution is -0.115.